The number of rotatable bonds is 12. The zero-order chi connectivity index (χ0) is 22.5. The van der Waals surface area contributed by atoms with Gasteiger partial charge >= 0.3 is 12.3 Å². The summed E-state index contributed by atoms with van der Waals surface area (Å²) in [6.45, 7) is 6.72. The highest BCUT2D eigenvalue weighted by atomic mass is 16.7. The van der Waals surface area contributed by atoms with Gasteiger partial charge in [-0.1, -0.05) is 76.6 Å². The Morgan fingerprint density at radius 1 is 0.742 bits per heavy atom. The quantitative estimate of drug-likeness (QED) is 0.199. The number of carbonyl (C=O) groups is 2. The number of carbonyl (C=O) groups excluding carboxylic acids is 2. The molecule has 0 bridgehead atoms. The molecule has 2 rings (SSSR count). The predicted molar refractivity (Wildman–Crippen MR) is 121 cm³/mol. The Kier molecular flexibility index (Phi) is 10.7. The van der Waals surface area contributed by atoms with Gasteiger partial charge in [-0.25, -0.2) is 9.59 Å². The summed E-state index contributed by atoms with van der Waals surface area (Å²) in [5.74, 6) is 0.765. The van der Waals surface area contributed by atoms with Gasteiger partial charge in [-0.15, -0.1) is 0 Å². The van der Waals surface area contributed by atoms with Crippen LogP contribution in [0, 0.1) is 6.92 Å². The average molecular weight is 431 g/mol. The molecule has 0 saturated carbocycles. The number of fused-ring (bicyclic) bond motifs is 1. The molecule has 2 aromatic carbocycles. The van der Waals surface area contributed by atoms with Crippen molar-refractivity contribution in [2.75, 3.05) is 13.2 Å². The number of hydrogen-bond acceptors (Lipinski definition) is 6. The second-order valence-electron chi connectivity index (χ2n) is 7.59. The summed E-state index contributed by atoms with van der Waals surface area (Å²) in [5, 5.41) is 1.32. The van der Waals surface area contributed by atoms with Crippen LogP contribution in [0.15, 0.2) is 30.3 Å². The highest BCUT2D eigenvalue weighted by molar-refractivity contribution is 5.96. The molecule has 2 aromatic rings. The predicted octanol–water partition coefficient (Wildman–Crippen LogP) is 7.34. The number of hydrogen-bond donors (Lipinski definition) is 0. The van der Waals surface area contributed by atoms with Crippen molar-refractivity contribution in [1.82, 2.24) is 0 Å². The Balaban J connectivity index is 2.04. The summed E-state index contributed by atoms with van der Waals surface area (Å²) in [7, 11) is 0. The molecule has 0 aliphatic rings. The lowest BCUT2D eigenvalue weighted by Crippen LogP contribution is -2.14. The number of ether oxygens (including phenoxy) is 4. The van der Waals surface area contributed by atoms with Gasteiger partial charge in [0.05, 0.1) is 13.2 Å². The Bertz CT molecular complexity index is 845. The highest BCUT2D eigenvalue weighted by Gasteiger charge is 2.18. The number of benzene rings is 2. The summed E-state index contributed by atoms with van der Waals surface area (Å²) in [4.78, 5) is 24.3. The lowest BCUT2D eigenvalue weighted by Gasteiger charge is -2.14. The van der Waals surface area contributed by atoms with Crippen LogP contribution in [0.2, 0.25) is 0 Å². The maximum atomic E-state index is 12.1. The third-order valence-electron chi connectivity index (χ3n) is 4.96. The fourth-order valence-electron chi connectivity index (χ4n) is 3.27. The average Bonchev–Trinajstić information content (AvgIpc) is 2.76. The van der Waals surface area contributed by atoms with Crippen LogP contribution in [0.5, 0.6) is 11.5 Å². The monoisotopic (exact) mass is 430 g/mol. The van der Waals surface area contributed by atoms with E-state index in [9.17, 15) is 9.59 Å². The van der Waals surface area contributed by atoms with Gasteiger partial charge in [0, 0.05) is 10.8 Å². The van der Waals surface area contributed by atoms with Crippen LogP contribution in [-0.4, -0.2) is 25.5 Å². The summed E-state index contributed by atoms with van der Waals surface area (Å²) >= 11 is 0. The molecule has 0 saturated heterocycles. The minimum atomic E-state index is -0.735. The van der Waals surface area contributed by atoms with Gasteiger partial charge in [0.15, 0.2) is 0 Å². The Morgan fingerprint density at radius 3 is 1.87 bits per heavy atom. The Morgan fingerprint density at radius 2 is 1.29 bits per heavy atom. The summed E-state index contributed by atoms with van der Waals surface area (Å²) in [6.07, 6.45) is 6.68. The third kappa shape index (κ3) is 8.12. The van der Waals surface area contributed by atoms with E-state index < -0.39 is 12.3 Å². The molecular weight excluding hydrogens is 396 g/mol. The first-order valence-corrected chi connectivity index (χ1v) is 11.3. The van der Waals surface area contributed by atoms with Gasteiger partial charge in [0.1, 0.15) is 11.5 Å². The van der Waals surface area contributed by atoms with Crippen LogP contribution in [0.4, 0.5) is 9.59 Å². The molecule has 0 fully saturated rings. The standard InChI is InChI=1S/C25H34O6/c1-4-6-8-12-16-28-24(26)30-22-18-19(3)23(21-15-11-10-14-20(21)22)31-25(27)29-17-13-9-7-5-2/h10-11,14-15,18H,4-9,12-13,16-17H2,1-3H3. The molecule has 0 N–H and O–H groups in total. The lowest BCUT2D eigenvalue weighted by molar-refractivity contribution is 0.0956. The molecule has 0 aliphatic carbocycles. The van der Waals surface area contributed by atoms with Crippen LogP contribution in [0.1, 0.15) is 70.8 Å². The third-order valence-corrected chi connectivity index (χ3v) is 4.96. The fraction of sp³-hybridized carbons (Fsp3) is 0.520. The molecule has 0 atom stereocenters. The molecule has 6 nitrogen and oxygen atoms in total. The van der Waals surface area contributed by atoms with Crippen molar-refractivity contribution in [3.05, 3.63) is 35.9 Å². The summed E-state index contributed by atoms with van der Waals surface area (Å²) < 4.78 is 21.3. The summed E-state index contributed by atoms with van der Waals surface area (Å²) in [5.41, 5.74) is 0.660. The number of aryl methyl sites for hydroxylation is 1. The van der Waals surface area contributed by atoms with Gasteiger partial charge in [-0.3, -0.25) is 0 Å². The maximum Gasteiger partial charge on any atom is 0.513 e. The summed E-state index contributed by atoms with van der Waals surface area (Å²) in [6, 6.07) is 8.96. The van der Waals surface area contributed by atoms with Crippen molar-refractivity contribution in [2.45, 2.75) is 72.1 Å². The van der Waals surface area contributed by atoms with Crippen LogP contribution < -0.4 is 9.47 Å². The molecule has 31 heavy (non-hydrogen) atoms. The lowest BCUT2D eigenvalue weighted by atomic mass is 10.0. The first-order valence-electron chi connectivity index (χ1n) is 11.3. The Hall–Kier alpha value is -2.76. The molecule has 6 heteroatoms. The van der Waals surface area contributed by atoms with Crippen molar-refractivity contribution < 1.29 is 28.5 Å². The smallest absolute Gasteiger partial charge is 0.434 e. The van der Waals surface area contributed by atoms with E-state index in [-0.39, 0.29) is 0 Å². The van der Waals surface area contributed by atoms with Crippen LogP contribution in [0.25, 0.3) is 10.8 Å². The molecule has 170 valence electrons. The molecule has 0 aromatic heterocycles. The van der Waals surface area contributed by atoms with Crippen molar-refractivity contribution in [3.63, 3.8) is 0 Å². The van der Waals surface area contributed by atoms with Gasteiger partial charge < -0.3 is 18.9 Å². The normalized spacial score (nSPS) is 10.7. The molecule has 0 aliphatic heterocycles. The Labute approximate surface area is 184 Å². The second kappa shape index (κ2) is 13.5. The van der Waals surface area contributed by atoms with E-state index in [4.69, 9.17) is 18.9 Å². The second-order valence-corrected chi connectivity index (χ2v) is 7.59. The fourth-order valence-corrected chi connectivity index (χ4v) is 3.27. The maximum absolute atomic E-state index is 12.1. The van der Waals surface area contributed by atoms with E-state index in [0.29, 0.717) is 41.0 Å². The largest absolute Gasteiger partial charge is 0.513 e. The first kappa shape index (κ1) is 24.5. The van der Waals surface area contributed by atoms with E-state index in [1.54, 1.807) is 13.0 Å². The van der Waals surface area contributed by atoms with E-state index in [0.717, 1.165) is 51.4 Å². The van der Waals surface area contributed by atoms with Gasteiger partial charge in [-0.2, -0.15) is 0 Å². The first-order chi connectivity index (χ1) is 15.1. The van der Waals surface area contributed by atoms with Crippen LogP contribution in [0.3, 0.4) is 0 Å². The van der Waals surface area contributed by atoms with Crippen molar-refractivity contribution in [1.29, 1.82) is 0 Å². The van der Waals surface area contributed by atoms with Gasteiger partial charge in [0.25, 0.3) is 0 Å². The van der Waals surface area contributed by atoms with E-state index in [1.807, 2.05) is 24.3 Å². The van der Waals surface area contributed by atoms with E-state index in [2.05, 4.69) is 13.8 Å². The SMILES string of the molecule is CCCCCCOC(=O)Oc1cc(C)c(OC(=O)OCCCCCC)c2ccccc12. The van der Waals surface area contributed by atoms with Crippen LogP contribution >= 0.6 is 0 Å². The van der Waals surface area contributed by atoms with Crippen molar-refractivity contribution >= 4 is 23.1 Å². The van der Waals surface area contributed by atoms with Crippen molar-refractivity contribution in [3.8, 4) is 11.5 Å². The topological polar surface area (TPSA) is 71.1 Å². The van der Waals surface area contributed by atoms with Crippen molar-refractivity contribution in [2.24, 2.45) is 0 Å². The zero-order valence-electron chi connectivity index (χ0n) is 18.9. The molecule has 0 amide bonds. The molecule has 0 spiro atoms. The van der Waals surface area contributed by atoms with Gasteiger partial charge in [0.2, 0.25) is 0 Å². The highest BCUT2D eigenvalue weighted by Crippen LogP contribution is 2.37. The minimum Gasteiger partial charge on any atom is -0.434 e. The molecule has 0 unspecified atom stereocenters. The van der Waals surface area contributed by atoms with E-state index in [1.165, 1.54) is 0 Å². The molecular formula is C25H34O6. The van der Waals surface area contributed by atoms with Crippen LogP contribution in [-0.2, 0) is 9.47 Å². The molecule has 0 heterocycles. The minimum absolute atomic E-state index is 0.334. The van der Waals surface area contributed by atoms with E-state index >= 15 is 0 Å². The van der Waals surface area contributed by atoms with Gasteiger partial charge in [-0.05, 0) is 31.4 Å². The molecule has 0 radical (unpaired) electrons. The zero-order valence-corrected chi connectivity index (χ0v) is 18.9. The number of unbranched alkanes of at least 4 members (excludes halogenated alkanes) is 6.